The Morgan fingerprint density at radius 2 is 1.83 bits per heavy atom. The standard InChI is InChI=1S/C19H21BrN4O5/c20-16-13(7-4-8-22-16)9-14(17(21)26)23-18(27)15(10-25)24-19(28)29-11-12-5-2-1-3-6-12/h1-8,14-15,25H,9-11H2,(H2,21,26)(H,23,27)(H,24,28)/t14-,15-/m0/s1. The lowest BCUT2D eigenvalue weighted by Crippen LogP contribution is -2.55. The summed E-state index contributed by atoms with van der Waals surface area (Å²) in [7, 11) is 0. The minimum absolute atomic E-state index is 0.00534. The number of ether oxygens (including phenoxy) is 1. The zero-order valence-electron chi connectivity index (χ0n) is 15.4. The van der Waals surface area contributed by atoms with Crippen LogP contribution in [0.15, 0.2) is 53.3 Å². The molecule has 154 valence electrons. The Balaban J connectivity index is 1.93. The number of aliphatic hydroxyl groups is 1. The van der Waals surface area contributed by atoms with E-state index in [2.05, 4.69) is 31.5 Å². The number of halogens is 1. The SMILES string of the molecule is NC(=O)[C@H](Cc1cccnc1Br)NC(=O)[C@H](CO)NC(=O)OCc1ccccc1. The van der Waals surface area contributed by atoms with Crippen molar-refractivity contribution in [1.29, 1.82) is 0 Å². The van der Waals surface area contributed by atoms with E-state index in [0.717, 1.165) is 5.56 Å². The van der Waals surface area contributed by atoms with Gasteiger partial charge in [-0.2, -0.15) is 0 Å². The van der Waals surface area contributed by atoms with Crippen LogP contribution in [-0.4, -0.2) is 46.7 Å². The predicted molar refractivity (Wildman–Crippen MR) is 107 cm³/mol. The first-order valence-corrected chi connectivity index (χ1v) is 9.47. The van der Waals surface area contributed by atoms with Crippen molar-refractivity contribution in [2.75, 3.05) is 6.61 Å². The van der Waals surface area contributed by atoms with Gasteiger partial charge < -0.3 is 26.2 Å². The fraction of sp³-hybridized carbons (Fsp3) is 0.263. The Morgan fingerprint density at radius 1 is 1.10 bits per heavy atom. The second-order valence-electron chi connectivity index (χ2n) is 6.06. The summed E-state index contributed by atoms with van der Waals surface area (Å²) in [6.45, 7) is -0.681. The molecular formula is C19H21BrN4O5. The molecule has 0 aliphatic rings. The lowest BCUT2D eigenvalue weighted by atomic mass is 10.1. The van der Waals surface area contributed by atoms with Crippen molar-refractivity contribution in [3.05, 3.63) is 64.4 Å². The number of benzene rings is 1. The van der Waals surface area contributed by atoms with E-state index in [-0.39, 0.29) is 13.0 Å². The van der Waals surface area contributed by atoms with Gasteiger partial charge in [-0.1, -0.05) is 36.4 Å². The summed E-state index contributed by atoms with van der Waals surface area (Å²) in [5.74, 6) is -1.54. The molecule has 0 spiro atoms. The minimum atomic E-state index is -1.31. The largest absolute Gasteiger partial charge is 0.445 e. The summed E-state index contributed by atoms with van der Waals surface area (Å²) in [5.41, 5.74) is 6.80. The molecule has 10 heteroatoms. The summed E-state index contributed by atoms with van der Waals surface area (Å²) < 4.78 is 5.54. The molecule has 0 unspecified atom stereocenters. The number of aliphatic hydroxyl groups excluding tert-OH is 1. The minimum Gasteiger partial charge on any atom is -0.445 e. The number of amides is 3. The van der Waals surface area contributed by atoms with Crippen LogP contribution in [0.25, 0.3) is 0 Å². The van der Waals surface area contributed by atoms with E-state index in [1.807, 2.05) is 6.07 Å². The maximum Gasteiger partial charge on any atom is 0.408 e. The van der Waals surface area contributed by atoms with E-state index < -0.39 is 36.6 Å². The molecule has 0 fully saturated rings. The van der Waals surface area contributed by atoms with E-state index >= 15 is 0 Å². The van der Waals surface area contributed by atoms with Gasteiger partial charge in [0.15, 0.2) is 0 Å². The Bertz CT molecular complexity index is 850. The molecule has 2 rings (SSSR count). The highest BCUT2D eigenvalue weighted by Gasteiger charge is 2.26. The van der Waals surface area contributed by atoms with Crippen molar-refractivity contribution in [2.24, 2.45) is 5.73 Å². The number of carbonyl (C=O) groups is 3. The van der Waals surface area contributed by atoms with Gasteiger partial charge in [0.05, 0.1) is 6.61 Å². The maximum absolute atomic E-state index is 12.4. The molecule has 0 radical (unpaired) electrons. The van der Waals surface area contributed by atoms with Crippen molar-refractivity contribution < 1.29 is 24.2 Å². The Kier molecular flexibility index (Phi) is 8.56. The van der Waals surface area contributed by atoms with Crippen molar-refractivity contribution in [1.82, 2.24) is 15.6 Å². The number of primary amides is 1. The Labute approximate surface area is 175 Å². The number of rotatable bonds is 9. The molecule has 2 aromatic rings. The lowest BCUT2D eigenvalue weighted by molar-refractivity contribution is -0.129. The monoisotopic (exact) mass is 464 g/mol. The normalized spacial score (nSPS) is 12.5. The maximum atomic E-state index is 12.4. The van der Waals surface area contributed by atoms with Gasteiger partial charge in [0.25, 0.3) is 0 Å². The van der Waals surface area contributed by atoms with Crippen LogP contribution in [0.5, 0.6) is 0 Å². The van der Waals surface area contributed by atoms with Crippen molar-refractivity contribution in [3.63, 3.8) is 0 Å². The molecule has 1 heterocycles. The van der Waals surface area contributed by atoms with Crippen LogP contribution in [0, 0.1) is 0 Å². The smallest absolute Gasteiger partial charge is 0.408 e. The number of pyridine rings is 1. The average Bonchev–Trinajstić information content (AvgIpc) is 2.72. The summed E-state index contributed by atoms with van der Waals surface area (Å²) >= 11 is 3.26. The van der Waals surface area contributed by atoms with E-state index in [1.54, 1.807) is 42.6 Å². The van der Waals surface area contributed by atoms with Gasteiger partial charge in [-0.3, -0.25) is 9.59 Å². The lowest BCUT2D eigenvalue weighted by Gasteiger charge is -2.20. The van der Waals surface area contributed by atoms with Gasteiger partial charge in [-0.15, -0.1) is 0 Å². The first kappa shape index (κ1) is 22.3. The van der Waals surface area contributed by atoms with Crippen LogP contribution in [0.1, 0.15) is 11.1 Å². The van der Waals surface area contributed by atoms with Crippen LogP contribution in [-0.2, 0) is 27.4 Å². The molecule has 0 saturated heterocycles. The van der Waals surface area contributed by atoms with Crippen LogP contribution in [0.3, 0.4) is 0 Å². The number of hydrogen-bond acceptors (Lipinski definition) is 6. The number of nitrogens with two attached hydrogens (primary N) is 1. The van der Waals surface area contributed by atoms with Crippen LogP contribution < -0.4 is 16.4 Å². The van der Waals surface area contributed by atoms with Gasteiger partial charge in [-0.05, 0) is 33.1 Å². The average molecular weight is 465 g/mol. The third-order valence-electron chi connectivity index (χ3n) is 3.92. The summed E-state index contributed by atoms with van der Waals surface area (Å²) in [6.07, 6.45) is 0.776. The molecular weight excluding hydrogens is 444 g/mol. The highest BCUT2D eigenvalue weighted by molar-refractivity contribution is 9.10. The summed E-state index contributed by atoms with van der Waals surface area (Å²) in [5, 5.41) is 14.1. The van der Waals surface area contributed by atoms with Crippen molar-refractivity contribution in [3.8, 4) is 0 Å². The number of hydrogen-bond donors (Lipinski definition) is 4. The van der Waals surface area contributed by atoms with E-state index in [1.165, 1.54) is 0 Å². The molecule has 5 N–H and O–H groups in total. The number of aromatic nitrogens is 1. The van der Waals surface area contributed by atoms with Gasteiger partial charge in [0, 0.05) is 12.6 Å². The molecule has 29 heavy (non-hydrogen) atoms. The molecule has 1 aromatic carbocycles. The van der Waals surface area contributed by atoms with Crippen molar-refractivity contribution >= 4 is 33.8 Å². The van der Waals surface area contributed by atoms with Crippen LogP contribution in [0.2, 0.25) is 0 Å². The zero-order chi connectivity index (χ0) is 21.2. The number of alkyl carbamates (subject to hydrolysis) is 1. The van der Waals surface area contributed by atoms with Gasteiger partial charge >= 0.3 is 6.09 Å². The first-order chi connectivity index (χ1) is 13.9. The van der Waals surface area contributed by atoms with Crippen LogP contribution in [0.4, 0.5) is 4.79 Å². The highest BCUT2D eigenvalue weighted by Crippen LogP contribution is 2.14. The fourth-order valence-corrected chi connectivity index (χ4v) is 2.80. The highest BCUT2D eigenvalue weighted by atomic mass is 79.9. The second-order valence-corrected chi connectivity index (χ2v) is 6.81. The third-order valence-corrected chi connectivity index (χ3v) is 4.64. The second kappa shape index (κ2) is 11.1. The number of nitrogens with zero attached hydrogens (tertiary/aromatic N) is 1. The Morgan fingerprint density at radius 3 is 2.45 bits per heavy atom. The van der Waals surface area contributed by atoms with Crippen LogP contribution >= 0.6 is 15.9 Å². The summed E-state index contributed by atoms with van der Waals surface area (Å²) in [4.78, 5) is 40.1. The van der Waals surface area contributed by atoms with Gasteiger partial charge in [0.2, 0.25) is 11.8 Å². The number of carbonyl (C=O) groups excluding carboxylic acids is 3. The molecule has 0 aliphatic carbocycles. The molecule has 2 atom stereocenters. The Hall–Kier alpha value is -2.98. The third kappa shape index (κ3) is 7.16. The molecule has 0 aliphatic heterocycles. The molecule has 9 nitrogen and oxygen atoms in total. The molecule has 0 bridgehead atoms. The number of nitrogens with one attached hydrogen (secondary N) is 2. The molecule has 1 aromatic heterocycles. The molecule has 3 amide bonds. The summed E-state index contributed by atoms with van der Waals surface area (Å²) in [6, 6.07) is 10.0. The first-order valence-electron chi connectivity index (χ1n) is 8.68. The molecule has 0 saturated carbocycles. The van der Waals surface area contributed by atoms with E-state index in [4.69, 9.17) is 10.5 Å². The topological polar surface area (TPSA) is 144 Å². The quantitative estimate of drug-likeness (QED) is 0.401. The fourth-order valence-electron chi connectivity index (χ4n) is 2.39. The van der Waals surface area contributed by atoms with Gasteiger partial charge in [0.1, 0.15) is 23.3 Å². The van der Waals surface area contributed by atoms with E-state index in [9.17, 15) is 19.5 Å². The van der Waals surface area contributed by atoms with Crippen molar-refractivity contribution in [2.45, 2.75) is 25.1 Å². The zero-order valence-corrected chi connectivity index (χ0v) is 17.0. The predicted octanol–water partition coefficient (Wildman–Crippen LogP) is 0.644. The van der Waals surface area contributed by atoms with E-state index in [0.29, 0.717) is 10.2 Å². The van der Waals surface area contributed by atoms with Gasteiger partial charge in [-0.25, -0.2) is 9.78 Å².